The Bertz CT molecular complexity index is 1460. The van der Waals surface area contributed by atoms with Gasteiger partial charge in [-0.25, -0.2) is 4.79 Å². The smallest absolute Gasteiger partial charge is 0.338 e. The number of benzene rings is 1. The van der Waals surface area contributed by atoms with Crippen molar-refractivity contribution in [2.75, 3.05) is 0 Å². The molecule has 2 bridgehead atoms. The lowest BCUT2D eigenvalue weighted by Crippen LogP contribution is -2.78. The Balaban J connectivity index is 1.86. The molecule has 0 aromatic heterocycles. The Morgan fingerprint density at radius 2 is 1.53 bits per heavy atom. The van der Waals surface area contributed by atoms with Crippen LogP contribution in [0.3, 0.4) is 0 Å². The number of ketones is 1. The van der Waals surface area contributed by atoms with Crippen LogP contribution in [0.25, 0.3) is 0 Å². The van der Waals surface area contributed by atoms with Gasteiger partial charge in [-0.2, -0.15) is 0 Å². The van der Waals surface area contributed by atoms with Crippen molar-refractivity contribution in [3.63, 3.8) is 0 Å². The first-order valence-corrected chi connectivity index (χ1v) is 15.4. The summed E-state index contributed by atoms with van der Waals surface area (Å²) in [5, 5.41) is 25.0. The second-order valence-electron chi connectivity index (χ2n) is 13.8. The third kappa shape index (κ3) is 4.81. The molecule has 11 nitrogen and oxygen atoms in total. The lowest BCUT2D eigenvalue weighted by atomic mass is 9.41. The van der Waals surface area contributed by atoms with Crippen LogP contribution in [0.5, 0.6) is 0 Å². The average Bonchev–Trinajstić information content (AvgIpc) is 2.94. The van der Waals surface area contributed by atoms with Crippen molar-refractivity contribution < 1.29 is 53.1 Å². The molecule has 0 unspecified atom stereocenters. The van der Waals surface area contributed by atoms with E-state index in [2.05, 4.69) is 0 Å². The van der Waals surface area contributed by atoms with Crippen molar-refractivity contribution in [1.82, 2.24) is 0 Å². The quantitative estimate of drug-likeness (QED) is 0.280. The zero-order chi connectivity index (χ0) is 33.3. The molecule has 0 aliphatic heterocycles. The van der Waals surface area contributed by atoms with Crippen molar-refractivity contribution >= 4 is 29.7 Å². The van der Waals surface area contributed by atoms with Gasteiger partial charge >= 0.3 is 23.9 Å². The van der Waals surface area contributed by atoms with E-state index in [0.29, 0.717) is 12.0 Å². The lowest BCUT2D eigenvalue weighted by molar-refractivity contribution is -0.296. The Morgan fingerprint density at radius 3 is 2.07 bits per heavy atom. The Hall–Kier alpha value is -3.57. The Labute approximate surface area is 262 Å². The number of aliphatic hydroxyl groups excluding tert-OH is 1. The van der Waals surface area contributed by atoms with Gasteiger partial charge in [-0.3, -0.25) is 19.2 Å². The van der Waals surface area contributed by atoms with Crippen LogP contribution in [0.2, 0.25) is 0 Å². The van der Waals surface area contributed by atoms with Crippen molar-refractivity contribution in [1.29, 1.82) is 0 Å². The summed E-state index contributed by atoms with van der Waals surface area (Å²) in [6.45, 7) is 10.1. The first kappa shape index (κ1) is 32.8. The summed E-state index contributed by atoms with van der Waals surface area (Å²) >= 11 is 0. The minimum atomic E-state index is -2.10. The Kier molecular flexibility index (Phi) is 8.06. The molecule has 11 heteroatoms. The largest absolute Gasteiger partial charge is 0.458 e. The minimum Gasteiger partial charge on any atom is -0.458 e. The molecule has 0 spiro atoms. The third-order valence-electron chi connectivity index (χ3n) is 11.1. The monoisotopic (exact) mass is 626 g/mol. The Morgan fingerprint density at radius 1 is 0.911 bits per heavy atom. The minimum absolute atomic E-state index is 0.0914. The van der Waals surface area contributed by atoms with E-state index in [9.17, 15) is 29.4 Å². The maximum atomic E-state index is 15.0. The molecule has 1 aromatic carbocycles. The molecule has 4 aliphatic rings. The maximum absolute atomic E-state index is 15.0. The highest BCUT2D eigenvalue weighted by atomic mass is 16.6. The first-order valence-electron chi connectivity index (χ1n) is 15.4. The number of carbonyl (C=O) groups excluding carboxylic acids is 5. The van der Waals surface area contributed by atoms with E-state index >= 15 is 4.79 Å². The summed E-state index contributed by atoms with van der Waals surface area (Å²) in [6, 6.07) is 8.12. The molecule has 1 aromatic rings. The van der Waals surface area contributed by atoms with Crippen LogP contribution < -0.4 is 0 Å². The van der Waals surface area contributed by atoms with Crippen LogP contribution >= 0.6 is 0 Å². The number of hydrogen-bond acceptors (Lipinski definition) is 11. The molecule has 0 heterocycles. The molecule has 0 radical (unpaired) electrons. The van der Waals surface area contributed by atoms with Crippen LogP contribution in [-0.4, -0.2) is 75.5 Å². The SMILES string of the molecule is CC(=O)O[C@H]1C(=O)[C@@]2(C)[C@H]([C@H](OC(=O)c3ccccc3)[C@]3(O)C[C@H](OC(C)=O)C(C)=C1C3(C)C)[C@]1(OC(C)=O)CC[C@@H]1C[C@@H]2O. The average molecular weight is 627 g/mol. The van der Waals surface area contributed by atoms with Gasteiger partial charge in [-0.1, -0.05) is 32.0 Å². The highest BCUT2D eigenvalue weighted by Gasteiger charge is 2.77. The van der Waals surface area contributed by atoms with E-state index in [0.717, 1.165) is 6.92 Å². The van der Waals surface area contributed by atoms with Gasteiger partial charge < -0.3 is 29.2 Å². The molecule has 0 amide bonds. The van der Waals surface area contributed by atoms with Crippen LogP contribution in [0, 0.1) is 22.7 Å². The second-order valence-corrected chi connectivity index (χ2v) is 13.8. The number of rotatable bonds is 5. The van der Waals surface area contributed by atoms with Crippen molar-refractivity contribution in [2.45, 2.75) is 110 Å². The van der Waals surface area contributed by atoms with Crippen LogP contribution in [-0.2, 0) is 38.1 Å². The van der Waals surface area contributed by atoms with E-state index in [1.54, 1.807) is 51.1 Å². The predicted molar refractivity (Wildman–Crippen MR) is 157 cm³/mol. The summed E-state index contributed by atoms with van der Waals surface area (Å²) in [4.78, 5) is 66.5. The molecule has 5 rings (SSSR count). The van der Waals surface area contributed by atoms with Gasteiger partial charge in [0, 0.05) is 38.5 Å². The van der Waals surface area contributed by atoms with E-state index < -0.39 is 87.9 Å². The van der Waals surface area contributed by atoms with Gasteiger partial charge in [0.15, 0.2) is 11.9 Å². The zero-order valence-corrected chi connectivity index (χ0v) is 26.7. The summed E-state index contributed by atoms with van der Waals surface area (Å²) < 4.78 is 23.8. The van der Waals surface area contributed by atoms with Crippen molar-refractivity contribution in [3.05, 3.63) is 47.0 Å². The number of esters is 4. The fraction of sp³-hybridized carbons (Fsp3) is 0.618. The summed E-state index contributed by atoms with van der Waals surface area (Å²) in [5.74, 6) is -5.26. The summed E-state index contributed by atoms with van der Waals surface area (Å²) in [7, 11) is 0. The number of ether oxygens (including phenoxy) is 4. The summed E-state index contributed by atoms with van der Waals surface area (Å²) in [5.41, 5.74) is -6.02. The second kappa shape index (κ2) is 11.0. The van der Waals surface area contributed by atoms with E-state index in [4.69, 9.17) is 18.9 Å². The van der Waals surface area contributed by atoms with Gasteiger partial charge in [0.05, 0.1) is 23.0 Å². The topological polar surface area (TPSA) is 163 Å². The van der Waals surface area contributed by atoms with Crippen LogP contribution in [0.15, 0.2) is 41.5 Å². The third-order valence-corrected chi connectivity index (χ3v) is 11.1. The number of hydrogen-bond donors (Lipinski definition) is 2. The molecule has 3 saturated carbocycles. The predicted octanol–water partition coefficient (Wildman–Crippen LogP) is 3.23. The molecule has 45 heavy (non-hydrogen) atoms. The highest BCUT2D eigenvalue weighted by molar-refractivity contribution is 5.95. The highest BCUT2D eigenvalue weighted by Crippen LogP contribution is 2.67. The first-order chi connectivity index (χ1) is 20.9. The molecule has 4 aliphatic carbocycles. The van der Waals surface area contributed by atoms with Crippen LogP contribution in [0.4, 0.5) is 0 Å². The molecular formula is C34H42O11. The number of aliphatic hydroxyl groups is 2. The lowest BCUT2D eigenvalue weighted by Gasteiger charge is -2.68. The zero-order valence-electron chi connectivity index (χ0n) is 26.7. The van der Waals surface area contributed by atoms with E-state index in [1.165, 1.54) is 20.8 Å². The fourth-order valence-electron chi connectivity index (χ4n) is 8.76. The van der Waals surface area contributed by atoms with Crippen LogP contribution in [0.1, 0.15) is 84.5 Å². The normalized spacial score (nSPS) is 38.3. The molecule has 0 saturated heterocycles. The van der Waals surface area contributed by atoms with Crippen molar-refractivity contribution in [2.24, 2.45) is 22.7 Å². The van der Waals surface area contributed by atoms with Crippen molar-refractivity contribution in [3.8, 4) is 0 Å². The fourth-order valence-corrected chi connectivity index (χ4v) is 8.76. The van der Waals surface area contributed by atoms with E-state index in [-0.39, 0.29) is 30.4 Å². The molecule has 2 N–H and O–H groups in total. The molecule has 244 valence electrons. The van der Waals surface area contributed by atoms with Gasteiger partial charge in [0.25, 0.3) is 0 Å². The van der Waals surface area contributed by atoms with Gasteiger partial charge in [-0.05, 0) is 56.4 Å². The number of Topliss-reactive ketones (excluding diaryl/α,β-unsaturated/α-hetero) is 1. The number of fused-ring (bicyclic) bond motifs is 5. The standard InChI is InChI=1S/C34H42O11/c1-17-23(42-18(2)35)16-34(41)29(44-30(40)21-11-9-8-10-12-21)27-32(7,24(38)15-22-13-14-33(22,27)45-20(4)37)28(39)26(43-19(3)36)25(17)31(34,5)6/h8-12,22-24,26-27,29,38,41H,13-16H2,1-7H3/t22-,23+,24+,26-,27+,29+,32-,33+,34-/m1/s1. The molecule has 9 atom stereocenters. The maximum Gasteiger partial charge on any atom is 0.338 e. The van der Waals surface area contributed by atoms with E-state index in [1.807, 2.05) is 0 Å². The van der Waals surface area contributed by atoms with Gasteiger partial charge in [0.2, 0.25) is 0 Å². The van der Waals surface area contributed by atoms with Gasteiger partial charge in [-0.15, -0.1) is 0 Å². The number of carbonyl (C=O) groups is 5. The molecular weight excluding hydrogens is 584 g/mol. The molecule has 3 fully saturated rings. The summed E-state index contributed by atoms with van der Waals surface area (Å²) in [6.07, 6.45) is -4.91. The van der Waals surface area contributed by atoms with Gasteiger partial charge in [0.1, 0.15) is 23.4 Å².